The van der Waals surface area contributed by atoms with E-state index in [1.807, 2.05) is 42.5 Å². The molecule has 3 aromatic rings. The number of aliphatic hydroxyl groups excluding tert-OH is 1. The Labute approximate surface area is 157 Å². The summed E-state index contributed by atoms with van der Waals surface area (Å²) in [7, 11) is 3.37. The van der Waals surface area contributed by atoms with Crippen molar-refractivity contribution >= 4 is 27.4 Å². The first-order valence-electron chi connectivity index (χ1n) is 8.43. The minimum atomic E-state index is -0.577. The number of hydrogen-bond donors (Lipinski definition) is 3. The first-order valence-corrected chi connectivity index (χ1v) is 9.25. The van der Waals surface area contributed by atoms with Crippen molar-refractivity contribution in [1.29, 1.82) is 0 Å². The van der Waals surface area contributed by atoms with Crippen LogP contribution in [0.4, 0.5) is 0 Å². The number of fused-ring (bicyclic) bond motifs is 1. The van der Waals surface area contributed by atoms with Gasteiger partial charge in [0.2, 0.25) is 0 Å². The van der Waals surface area contributed by atoms with Crippen molar-refractivity contribution < 1.29 is 9.84 Å². The number of ether oxygens (including phenoxy) is 1. The Balaban J connectivity index is 1.52. The van der Waals surface area contributed by atoms with Crippen LogP contribution in [-0.4, -0.2) is 31.8 Å². The Bertz CT molecular complexity index is 841. The highest BCUT2D eigenvalue weighted by Gasteiger charge is 2.12. The first kappa shape index (κ1) is 18.2. The number of aliphatic imine (C=N–C) groups is 1. The maximum atomic E-state index is 10.5. The number of thiophene rings is 1. The summed E-state index contributed by atoms with van der Waals surface area (Å²) in [5.74, 6) is 1.49. The maximum absolute atomic E-state index is 10.5. The highest BCUT2D eigenvalue weighted by molar-refractivity contribution is 7.19. The number of nitrogens with zero attached hydrogens (tertiary/aromatic N) is 1. The fraction of sp³-hybridized carbons (Fsp3) is 0.250. The minimum absolute atomic E-state index is 0.398. The van der Waals surface area contributed by atoms with Crippen LogP contribution in [0.15, 0.2) is 59.6 Å². The molecule has 3 N–H and O–H groups in total. The highest BCUT2D eigenvalue weighted by Crippen LogP contribution is 2.29. The van der Waals surface area contributed by atoms with Gasteiger partial charge in [0.25, 0.3) is 0 Å². The Morgan fingerprint density at radius 2 is 1.92 bits per heavy atom. The van der Waals surface area contributed by atoms with Crippen LogP contribution in [-0.2, 0) is 6.54 Å². The lowest BCUT2D eigenvalue weighted by molar-refractivity contribution is 0.184. The maximum Gasteiger partial charge on any atom is 0.191 e. The van der Waals surface area contributed by atoms with Gasteiger partial charge in [0.05, 0.1) is 7.11 Å². The van der Waals surface area contributed by atoms with E-state index in [9.17, 15) is 5.11 Å². The molecule has 136 valence electrons. The molecule has 1 heterocycles. The molecule has 0 radical (unpaired) electrons. The van der Waals surface area contributed by atoms with Crippen molar-refractivity contribution in [3.8, 4) is 5.75 Å². The summed E-state index contributed by atoms with van der Waals surface area (Å²) < 4.78 is 6.35. The van der Waals surface area contributed by atoms with Gasteiger partial charge in [-0.1, -0.05) is 30.3 Å². The minimum Gasteiger partial charge on any atom is -0.497 e. The van der Waals surface area contributed by atoms with Crippen molar-refractivity contribution in [2.75, 3.05) is 20.7 Å². The van der Waals surface area contributed by atoms with Crippen LogP contribution in [0.5, 0.6) is 5.75 Å². The SMILES string of the molecule is CN=C(NCc1ccc(OC)cc1)NCC(O)c1cc2ccccc2s1. The van der Waals surface area contributed by atoms with Crippen LogP contribution in [0.2, 0.25) is 0 Å². The fourth-order valence-electron chi connectivity index (χ4n) is 2.61. The van der Waals surface area contributed by atoms with Crippen LogP contribution in [0.1, 0.15) is 16.5 Å². The second-order valence-electron chi connectivity index (χ2n) is 5.86. The molecule has 0 amide bonds. The molecule has 0 aliphatic rings. The quantitative estimate of drug-likeness (QED) is 0.461. The normalized spacial score (nSPS) is 12.8. The summed E-state index contributed by atoms with van der Waals surface area (Å²) >= 11 is 1.62. The molecule has 2 aromatic carbocycles. The van der Waals surface area contributed by atoms with Gasteiger partial charge in [0.15, 0.2) is 5.96 Å². The van der Waals surface area contributed by atoms with Gasteiger partial charge in [-0.05, 0) is 35.2 Å². The van der Waals surface area contributed by atoms with E-state index in [1.54, 1.807) is 25.5 Å². The second-order valence-corrected chi connectivity index (χ2v) is 6.97. The van der Waals surface area contributed by atoms with Crippen molar-refractivity contribution in [2.45, 2.75) is 12.6 Å². The second kappa shape index (κ2) is 8.69. The van der Waals surface area contributed by atoms with Crippen molar-refractivity contribution in [3.63, 3.8) is 0 Å². The van der Waals surface area contributed by atoms with Crippen LogP contribution in [0.25, 0.3) is 10.1 Å². The summed E-state index contributed by atoms with van der Waals surface area (Å²) in [6, 6.07) is 18.1. The van der Waals surface area contributed by atoms with Crippen LogP contribution < -0.4 is 15.4 Å². The molecule has 26 heavy (non-hydrogen) atoms. The predicted molar refractivity (Wildman–Crippen MR) is 108 cm³/mol. The van der Waals surface area contributed by atoms with Gasteiger partial charge < -0.3 is 20.5 Å². The third kappa shape index (κ3) is 4.53. The number of methoxy groups -OCH3 is 1. The standard InChI is InChI=1S/C20H23N3O2S/c1-21-20(22-12-14-7-9-16(25-2)10-8-14)23-13-17(24)19-11-15-5-3-4-6-18(15)26-19/h3-11,17,24H,12-13H2,1-2H3,(H2,21,22,23). The zero-order chi connectivity index (χ0) is 18.4. The monoisotopic (exact) mass is 369 g/mol. The molecule has 1 atom stereocenters. The summed E-state index contributed by atoms with van der Waals surface area (Å²) in [4.78, 5) is 5.16. The molecule has 0 saturated carbocycles. The zero-order valence-corrected chi connectivity index (χ0v) is 15.7. The Morgan fingerprint density at radius 1 is 1.15 bits per heavy atom. The zero-order valence-electron chi connectivity index (χ0n) is 14.9. The van der Waals surface area contributed by atoms with E-state index in [0.29, 0.717) is 19.0 Å². The van der Waals surface area contributed by atoms with Gasteiger partial charge in [-0.25, -0.2) is 0 Å². The van der Waals surface area contributed by atoms with Gasteiger partial charge >= 0.3 is 0 Å². The van der Waals surface area contributed by atoms with Gasteiger partial charge in [0, 0.05) is 29.7 Å². The van der Waals surface area contributed by atoms with Gasteiger partial charge in [-0.2, -0.15) is 0 Å². The molecule has 1 unspecified atom stereocenters. The van der Waals surface area contributed by atoms with Crippen LogP contribution in [0.3, 0.4) is 0 Å². The molecule has 1 aromatic heterocycles. The van der Waals surface area contributed by atoms with E-state index in [4.69, 9.17) is 4.74 Å². The molecule has 0 fully saturated rings. The molecule has 0 bridgehead atoms. The smallest absolute Gasteiger partial charge is 0.191 e. The highest BCUT2D eigenvalue weighted by atomic mass is 32.1. The van der Waals surface area contributed by atoms with E-state index in [2.05, 4.69) is 27.8 Å². The van der Waals surface area contributed by atoms with E-state index in [0.717, 1.165) is 21.6 Å². The summed E-state index contributed by atoms with van der Waals surface area (Å²) in [6.07, 6.45) is -0.577. The summed E-state index contributed by atoms with van der Waals surface area (Å²) in [6.45, 7) is 1.04. The predicted octanol–water partition coefficient (Wildman–Crippen LogP) is 3.31. The Hall–Kier alpha value is -2.57. The lowest BCUT2D eigenvalue weighted by Gasteiger charge is -2.14. The molecular formula is C20H23N3O2S. The van der Waals surface area contributed by atoms with E-state index < -0.39 is 6.10 Å². The van der Waals surface area contributed by atoms with Gasteiger partial charge in [-0.3, -0.25) is 4.99 Å². The third-order valence-electron chi connectivity index (χ3n) is 4.08. The lowest BCUT2D eigenvalue weighted by Crippen LogP contribution is -2.38. The third-order valence-corrected chi connectivity index (χ3v) is 5.30. The van der Waals surface area contributed by atoms with Gasteiger partial charge in [0.1, 0.15) is 11.9 Å². The molecule has 5 nitrogen and oxygen atoms in total. The number of benzene rings is 2. The molecule has 0 saturated heterocycles. The van der Waals surface area contributed by atoms with E-state index in [1.165, 1.54) is 4.70 Å². The van der Waals surface area contributed by atoms with Crippen LogP contribution in [0, 0.1) is 0 Å². The molecule has 6 heteroatoms. The van der Waals surface area contributed by atoms with Crippen molar-refractivity contribution in [1.82, 2.24) is 10.6 Å². The number of nitrogens with one attached hydrogen (secondary N) is 2. The van der Waals surface area contributed by atoms with Crippen molar-refractivity contribution in [3.05, 3.63) is 65.0 Å². The lowest BCUT2D eigenvalue weighted by atomic mass is 10.2. The van der Waals surface area contributed by atoms with Gasteiger partial charge in [-0.15, -0.1) is 11.3 Å². The number of hydrogen-bond acceptors (Lipinski definition) is 4. The summed E-state index contributed by atoms with van der Waals surface area (Å²) in [5, 5.41) is 18.0. The van der Waals surface area contributed by atoms with E-state index >= 15 is 0 Å². The Morgan fingerprint density at radius 3 is 2.62 bits per heavy atom. The average Bonchev–Trinajstić information content (AvgIpc) is 3.12. The summed E-state index contributed by atoms with van der Waals surface area (Å²) in [5.41, 5.74) is 1.12. The molecule has 0 aliphatic heterocycles. The van der Waals surface area contributed by atoms with Crippen LogP contribution >= 0.6 is 11.3 Å². The molecular weight excluding hydrogens is 346 g/mol. The fourth-order valence-corrected chi connectivity index (χ4v) is 3.66. The van der Waals surface area contributed by atoms with E-state index in [-0.39, 0.29) is 0 Å². The molecule has 0 aliphatic carbocycles. The number of aliphatic hydroxyl groups is 1. The Kier molecular flexibility index (Phi) is 6.09. The number of rotatable bonds is 6. The van der Waals surface area contributed by atoms with Crippen molar-refractivity contribution in [2.24, 2.45) is 4.99 Å². The molecule has 0 spiro atoms. The topological polar surface area (TPSA) is 65.9 Å². The molecule has 3 rings (SSSR count). The average molecular weight is 369 g/mol. The largest absolute Gasteiger partial charge is 0.497 e. The first-order chi connectivity index (χ1) is 12.7. The number of guanidine groups is 1.